The summed E-state index contributed by atoms with van der Waals surface area (Å²) in [5, 5.41) is 10.7. The molecule has 1 fully saturated rings. The van der Waals surface area contributed by atoms with Crippen molar-refractivity contribution in [3.05, 3.63) is 4.60 Å². The maximum Gasteiger partial charge on any atom is 0.263 e. The van der Waals surface area contributed by atoms with E-state index in [1.165, 1.54) is 8.99 Å². The van der Waals surface area contributed by atoms with Crippen LogP contribution in [0.1, 0.15) is 6.92 Å². The van der Waals surface area contributed by atoms with Crippen LogP contribution >= 0.6 is 15.9 Å². The van der Waals surface area contributed by atoms with E-state index in [9.17, 15) is 8.42 Å². The first-order chi connectivity index (χ1) is 7.94. The lowest BCUT2D eigenvalue weighted by Gasteiger charge is -2.32. The van der Waals surface area contributed by atoms with E-state index in [4.69, 9.17) is 0 Å². The molecule has 1 aromatic rings. The molecule has 0 radical (unpaired) electrons. The summed E-state index contributed by atoms with van der Waals surface area (Å²) >= 11 is 3.12. The minimum Gasteiger partial charge on any atom is -0.314 e. The Morgan fingerprint density at radius 3 is 2.76 bits per heavy atom. The first-order valence-corrected chi connectivity index (χ1v) is 7.45. The number of hydrogen-bond acceptors (Lipinski definition) is 5. The van der Waals surface area contributed by atoms with Gasteiger partial charge in [0.05, 0.1) is 0 Å². The van der Waals surface area contributed by atoms with Crippen molar-refractivity contribution >= 4 is 26.0 Å². The van der Waals surface area contributed by atoms with Gasteiger partial charge in [-0.05, 0) is 22.9 Å². The molecule has 1 N–H and O–H groups in total. The quantitative estimate of drug-likeness (QED) is 0.798. The highest BCUT2D eigenvalue weighted by Gasteiger charge is 2.35. The van der Waals surface area contributed by atoms with Gasteiger partial charge in [-0.3, -0.25) is 0 Å². The van der Waals surface area contributed by atoms with Crippen LogP contribution in [0.15, 0.2) is 9.63 Å². The second kappa shape index (κ2) is 4.63. The Kier molecular flexibility index (Phi) is 3.53. The molecule has 1 saturated heterocycles. The normalized spacial score (nSPS) is 22.9. The van der Waals surface area contributed by atoms with Crippen molar-refractivity contribution in [2.24, 2.45) is 7.05 Å². The van der Waals surface area contributed by atoms with Crippen molar-refractivity contribution < 1.29 is 8.42 Å². The monoisotopic (exact) mass is 323 g/mol. The van der Waals surface area contributed by atoms with Gasteiger partial charge in [-0.2, -0.15) is 4.31 Å². The average Bonchev–Trinajstić information content (AvgIpc) is 2.59. The van der Waals surface area contributed by atoms with Gasteiger partial charge in [0.2, 0.25) is 5.03 Å². The van der Waals surface area contributed by atoms with Crippen LogP contribution < -0.4 is 5.32 Å². The Morgan fingerprint density at radius 1 is 1.53 bits per heavy atom. The molecule has 2 rings (SSSR count). The standard InChI is InChI=1S/C8H14BrN5O2S/c1-6-5-10-3-4-14(6)17(15,16)8-7(9)11-12-13(8)2/h6,10H,3-5H2,1-2H3/t6-/m0/s1. The van der Waals surface area contributed by atoms with Crippen molar-refractivity contribution in [2.75, 3.05) is 19.6 Å². The molecule has 17 heavy (non-hydrogen) atoms. The van der Waals surface area contributed by atoms with Crippen LogP contribution in [0.5, 0.6) is 0 Å². The van der Waals surface area contributed by atoms with Gasteiger partial charge < -0.3 is 5.32 Å². The first-order valence-electron chi connectivity index (χ1n) is 5.22. The van der Waals surface area contributed by atoms with E-state index < -0.39 is 10.0 Å². The predicted molar refractivity (Wildman–Crippen MR) is 64.9 cm³/mol. The zero-order valence-corrected chi connectivity index (χ0v) is 12.0. The second-order valence-electron chi connectivity index (χ2n) is 3.98. The number of nitrogens with one attached hydrogen (secondary N) is 1. The van der Waals surface area contributed by atoms with Crippen molar-refractivity contribution in [2.45, 2.75) is 18.0 Å². The van der Waals surface area contributed by atoms with Crippen molar-refractivity contribution in [1.29, 1.82) is 0 Å². The summed E-state index contributed by atoms with van der Waals surface area (Å²) in [4.78, 5) is 0. The fourth-order valence-electron chi connectivity index (χ4n) is 1.89. The molecule has 0 aliphatic carbocycles. The van der Waals surface area contributed by atoms with Crippen LogP contribution in [0.2, 0.25) is 0 Å². The number of halogens is 1. The van der Waals surface area contributed by atoms with E-state index >= 15 is 0 Å². The highest BCUT2D eigenvalue weighted by molar-refractivity contribution is 9.10. The fraction of sp³-hybridized carbons (Fsp3) is 0.750. The Labute approximate surface area is 108 Å². The number of piperazine rings is 1. The number of aryl methyl sites for hydroxylation is 1. The molecule has 7 nitrogen and oxygen atoms in total. The maximum absolute atomic E-state index is 12.5. The molecule has 96 valence electrons. The molecule has 1 aliphatic rings. The smallest absolute Gasteiger partial charge is 0.263 e. The minimum absolute atomic E-state index is 0.0736. The van der Waals surface area contributed by atoms with Crippen molar-refractivity contribution in [3.8, 4) is 0 Å². The molecule has 0 aromatic carbocycles. The zero-order valence-electron chi connectivity index (χ0n) is 9.59. The number of nitrogens with zero attached hydrogens (tertiary/aromatic N) is 4. The predicted octanol–water partition coefficient (Wildman–Crippen LogP) is -0.440. The first kappa shape index (κ1) is 12.9. The third-order valence-electron chi connectivity index (χ3n) is 2.73. The highest BCUT2D eigenvalue weighted by atomic mass is 79.9. The lowest BCUT2D eigenvalue weighted by Crippen LogP contribution is -2.52. The van der Waals surface area contributed by atoms with Crippen LogP contribution in [0, 0.1) is 0 Å². The summed E-state index contributed by atoms with van der Waals surface area (Å²) < 4.78 is 27.9. The van der Waals surface area contributed by atoms with Crippen LogP contribution in [0.25, 0.3) is 0 Å². The molecule has 1 aliphatic heterocycles. The minimum atomic E-state index is -3.54. The third-order valence-corrected chi connectivity index (χ3v) is 5.63. The molecule has 2 heterocycles. The lowest BCUT2D eigenvalue weighted by molar-refractivity contribution is 0.282. The van der Waals surface area contributed by atoms with Gasteiger partial charge >= 0.3 is 0 Å². The maximum atomic E-state index is 12.5. The van der Waals surface area contributed by atoms with Gasteiger partial charge in [-0.15, -0.1) is 5.10 Å². The van der Waals surface area contributed by atoms with Gasteiger partial charge in [0.15, 0.2) is 4.60 Å². The zero-order chi connectivity index (χ0) is 12.6. The van der Waals surface area contributed by atoms with E-state index in [1.54, 1.807) is 7.05 Å². The molecule has 0 bridgehead atoms. The van der Waals surface area contributed by atoms with E-state index in [-0.39, 0.29) is 15.7 Å². The van der Waals surface area contributed by atoms with Gasteiger partial charge in [0.25, 0.3) is 10.0 Å². The van der Waals surface area contributed by atoms with Crippen LogP contribution in [0.3, 0.4) is 0 Å². The SMILES string of the molecule is C[C@H]1CNCCN1S(=O)(=O)c1c(Br)nnn1C. The Morgan fingerprint density at radius 2 is 2.24 bits per heavy atom. The van der Waals surface area contributed by atoms with Crippen LogP contribution in [-0.4, -0.2) is 53.4 Å². The largest absolute Gasteiger partial charge is 0.314 e. The van der Waals surface area contributed by atoms with E-state index in [2.05, 4.69) is 31.6 Å². The second-order valence-corrected chi connectivity index (χ2v) is 6.53. The molecule has 0 spiro atoms. The molecule has 1 atom stereocenters. The summed E-state index contributed by atoms with van der Waals surface area (Å²) in [6.07, 6.45) is 0. The molecule has 0 saturated carbocycles. The number of hydrogen-bond donors (Lipinski definition) is 1. The highest BCUT2D eigenvalue weighted by Crippen LogP contribution is 2.24. The van der Waals surface area contributed by atoms with E-state index in [0.29, 0.717) is 19.6 Å². The molecular formula is C8H14BrN5O2S. The number of rotatable bonds is 2. The van der Waals surface area contributed by atoms with Gasteiger partial charge in [-0.25, -0.2) is 13.1 Å². The summed E-state index contributed by atoms with van der Waals surface area (Å²) in [5.41, 5.74) is 0. The molecular weight excluding hydrogens is 310 g/mol. The van der Waals surface area contributed by atoms with Crippen LogP contribution in [0.4, 0.5) is 0 Å². The number of sulfonamides is 1. The van der Waals surface area contributed by atoms with Crippen LogP contribution in [-0.2, 0) is 17.1 Å². The summed E-state index contributed by atoms with van der Waals surface area (Å²) in [6.45, 7) is 3.65. The molecule has 9 heteroatoms. The van der Waals surface area contributed by atoms with E-state index in [0.717, 1.165) is 0 Å². The van der Waals surface area contributed by atoms with Crippen molar-refractivity contribution in [1.82, 2.24) is 24.6 Å². The third kappa shape index (κ3) is 2.24. The Balaban J connectivity index is 2.42. The number of aromatic nitrogens is 3. The van der Waals surface area contributed by atoms with Gasteiger partial charge in [0.1, 0.15) is 0 Å². The van der Waals surface area contributed by atoms with Crippen molar-refractivity contribution in [3.63, 3.8) is 0 Å². The fourth-order valence-corrected chi connectivity index (χ4v) is 4.55. The Hall–Kier alpha value is -0.510. The molecule has 1 aromatic heterocycles. The summed E-state index contributed by atoms with van der Waals surface area (Å²) in [5.74, 6) is 0. The molecule has 0 amide bonds. The summed E-state index contributed by atoms with van der Waals surface area (Å²) in [7, 11) is -1.98. The molecule has 0 unspecified atom stereocenters. The van der Waals surface area contributed by atoms with Gasteiger partial charge in [0, 0.05) is 32.7 Å². The van der Waals surface area contributed by atoms with E-state index in [1.807, 2.05) is 6.92 Å². The average molecular weight is 324 g/mol. The summed E-state index contributed by atoms with van der Waals surface area (Å²) in [6, 6.07) is -0.0736. The Bertz CT molecular complexity index is 494. The van der Waals surface area contributed by atoms with Gasteiger partial charge in [-0.1, -0.05) is 5.21 Å². The topological polar surface area (TPSA) is 80.1 Å². The lowest BCUT2D eigenvalue weighted by atomic mass is 10.3.